The second kappa shape index (κ2) is 8.83. The van der Waals surface area contributed by atoms with E-state index in [4.69, 9.17) is 5.26 Å². The summed E-state index contributed by atoms with van der Waals surface area (Å²) in [6, 6.07) is 8.87. The third kappa shape index (κ3) is 5.07. The minimum Gasteiger partial charge on any atom is -0.370 e. The average molecular weight is 488 g/mol. The minimum absolute atomic E-state index is 0.134. The molecule has 0 spiro atoms. The fraction of sp³-hybridized carbons (Fsp3) is 0.455. The molecule has 2 fully saturated rings. The predicted molar refractivity (Wildman–Crippen MR) is 128 cm³/mol. The number of thioether (sulfide) groups is 1. The van der Waals surface area contributed by atoms with Gasteiger partial charge in [-0.1, -0.05) is 6.92 Å². The molecule has 11 heteroatoms. The fourth-order valence-electron chi connectivity index (χ4n) is 4.46. The maximum atomic E-state index is 12.9. The number of sulfone groups is 1. The van der Waals surface area contributed by atoms with Gasteiger partial charge in [-0.05, 0) is 24.3 Å². The van der Waals surface area contributed by atoms with E-state index in [1.54, 1.807) is 12.3 Å². The summed E-state index contributed by atoms with van der Waals surface area (Å²) < 4.78 is 23.4. The molecule has 0 saturated carbocycles. The summed E-state index contributed by atoms with van der Waals surface area (Å²) in [5.74, 6) is 0.481. The third-order valence-electron chi connectivity index (χ3n) is 5.84. The van der Waals surface area contributed by atoms with Crippen LogP contribution in [0.2, 0.25) is 0 Å². The second-order valence-electron chi connectivity index (χ2n) is 8.99. The van der Waals surface area contributed by atoms with Crippen molar-refractivity contribution in [2.75, 3.05) is 48.2 Å². The van der Waals surface area contributed by atoms with Gasteiger partial charge in [-0.3, -0.25) is 14.6 Å². The third-order valence-corrected chi connectivity index (χ3v) is 8.08. The molecule has 2 aliphatic rings. The molecule has 0 bridgehead atoms. The highest BCUT2D eigenvalue weighted by Gasteiger charge is 2.41. The Morgan fingerprint density at radius 2 is 2.09 bits per heavy atom. The van der Waals surface area contributed by atoms with Gasteiger partial charge in [-0.25, -0.2) is 8.42 Å². The lowest BCUT2D eigenvalue weighted by atomic mass is 9.83. The van der Waals surface area contributed by atoms with Gasteiger partial charge in [0.25, 0.3) is 5.91 Å². The van der Waals surface area contributed by atoms with Gasteiger partial charge in [-0.2, -0.15) is 5.26 Å². The standard InChI is InChI=1S/C22H25N5O4S2/c1-22(13-33(2,30)31)11-26(12-22)15-3-4-19-18(7-15)17(5-6-24-19)21(29)25-9-20(28)27-14-32-10-16(27)8-23/h3-7,16H,9-14H2,1-2H3,(H,25,29). The molecule has 2 saturated heterocycles. The summed E-state index contributed by atoms with van der Waals surface area (Å²) in [6.45, 7) is 2.99. The van der Waals surface area contributed by atoms with Crippen LogP contribution in [0, 0.1) is 16.7 Å². The van der Waals surface area contributed by atoms with Crippen molar-refractivity contribution in [1.29, 1.82) is 5.26 Å². The Morgan fingerprint density at radius 1 is 1.33 bits per heavy atom. The Morgan fingerprint density at radius 3 is 2.79 bits per heavy atom. The van der Waals surface area contributed by atoms with Crippen molar-refractivity contribution in [2.45, 2.75) is 13.0 Å². The van der Waals surface area contributed by atoms with E-state index in [1.165, 1.54) is 22.9 Å². The highest BCUT2D eigenvalue weighted by molar-refractivity contribution is 7.99. The maximum Gasteiger partial charge on any atom is 0.252 e. The first-order chi connectivity index (χ1) is 15.6. The number of nitrogens with one attached hydrogen (secondary N) is 1. The zero-order chi connectivity index (χ0) is 23.8. The lowest BCUT2D eigenvalue weighted by molar-refractivity contribution is -0.129. The summed E-state index contributed by atoms with van der Waals surface area (Å²) in [6.07, 6.45) is 2.80. The molecule has 9 nitrogen and oxygen atoms in total. The molecular weight excluding hydrogens is 462 g/mol. The summed E-state index contributed by atoms with van der Waals surface area (Å²) in [5.41, 5.74) is 1.64. The largest absolute Gasteiger partial charge is 0.370 e. The molecule has 1 aromatic carbocycles. The minimum atomic E-state index is -3.07. The quantitative estimate of drug-likeness (QED) is 0.646. The Kier molecular flexibility index (Phi) is 6.24. The van der Waals surface area contributed by atoms with Gasteiger partial charge in [-0.15, -0.1) is 11.8 Å². The molecule has 2 amide bonds. The monoisotopic (exact) mass is 487 g/mol. The van der Waals surface area contributed by atoms with Crippen molar-refractivity contribution in [1.82, 2.24) is 15.2 Å². The number of carbonyl (C=O) groups excluding carboxylic acids is 2. The van der Waals surface area contributed by atoms with Crippen LogP contribution in [-0.4, -0.2) is 79.4 Å². The van der Waals surface area contributed by atoms with E-state index in [9.17, 15) is 18.0 Å². The van der Waals surface area contributed by atoms with Crippen molar-refractivity contribution in [2.24, 2.45) is 5.41 Å². The molecule has 174 valence electrons. The molecule has 33 heavy (non-hydrogen) atoms. The van der Waals surface area contributed by atoms with Crippen molar-refractivity contribution >= 4 is 50.0 Å². The number of nitrogens with zero attached hydrogens (tertiary/aromatic N) is 4. The Balaban J connectivity index is 1.48. The number of anilines is 1. The van der Waals surface area contributed by atoms with E-state index >= 15 is 0 Å². The number of amides is 2. The predicted octanol–water partition coefficient (Wildman–Crippen LogP) is 1.26. The van der Waals surface area contributed by atoms with Gasteiger partial charge in [0.05, 0.1) is 35.3 Å². The van der Waals surface area contributed by atoms with Crippen LogP contribution in [-0.2, 0) is 14.6 Å². The second-order valence-corrected chi connectivity index (χ2v) is 12.1. The van der Waals surface area contributed by atoms with Crippen LogP contribution < -0.4 is 10.2 Å². The van der Waals surface area contributed by atoms with Crippen molar-refractivity contribution in [3.05, 3.63) is 36.0 Å². The van der Waals surface area contributed by atoms with E-state index in [0.29, 0.717) is 41.2 Å². The summed E-state index contributed by atoms with van der Waals surface area (Å²) in [4.78, 5) is 33.2. The lowest BCUT2D eigenvalue weighted by Gasteiger charge is -2.49. The number of hydrogen-bond donors (Lipinski definition) is 1. The van der Waals surface area contributed by atoms with E-state index in [0.717, 1.165) is 5.69 Å². The van der Waals surface area contributed by atoms with Crippen LogP contribution in [0.4, 0.5) is 5.69 Å². The number of carbonyl (C=O) groups is 2. The highest BCUT2D eigenvalue weighted by atomic mass is 32.2. The number of rotatable bonds is 6. The van der Waals surface area contributed by atoms with Crippen LogP contribution >= 0.6 is 11.8 Å². The fourth-order valence-corrected chi connectivity index (χ4v) is 7.01. The zero-order valence-corrected chi connectivity index (χ0v) is 20.1. The SMILES string of the molecule is CC1(CS(C)(=O)=O)CN(c2ccc3nccc(C(=O)NCC(=O)N4CSCC4C#N)c3c2)C1. The van der Waals surface area contributed by atoms with Crippen molar-refractivity contribution in [3.8, 4) is 6.07 Å². The Labute approximate surface area is 197 Å². The number of nitriles is 1. The van der Waals surface area contributed by atoms with Gasteiger partial charge in [0.15, 0.2) is 0 Å². The van der Waals surface area contributed by atoms with E-state index < -0.39 is 21.8 Å². The number of hydrogen-bond acceptors (Lipinski definition) is 8. The molecule has 4 rings (SSSR count). The molecule has 2 aliphatic heterocycles. The number of pyridine rings is 1. The smallest absolute Gasteiger partial charge is 0.252 e. The molecular formula is C22H25N5O4S2. The Bertz CT molecular complexity index is 1250. The molecule has 1 N–H and O–H groups in total. The maximum absolute atomic E-state index is 12.9. The molecule has 0 aliphatic carbocycles. The number of benzene rings is 1. The number of fused-ring (bicyclic) bond motifs is 1. The first kappa shape index (κ1) is 23.3. The van der Waals surface area contributed by atoms with Crippen LogP contribution in [0.15, 0.2) is 30.5 Å². The van der Waals surface area contributed by atoms with Gasteiger partial charge in [0.1, 0.15) is 15.9 Å². The average Bonchev–Trinajstić information content (AvgIpc) is 3.22. The normalized spacial score (nSPS) is 19.7. The molecule has 2 aromatic rings. The summed E-state index contributed by atoms with van der Waals surface area (Å²) >= 11 is 1.51. The van der Waals surface area contributed by atoms with Crippen molar-refractivity contribution < 1.29 is 18.0 Å². The first-order valence-corrected chi connectivity index (χ1v) is 13.7. The Hall–Kier alpha value is -2.84. The number of aromatic nitrogens is 1. The van der Waals surface area contributed by atoms with Crippen molar-refractivity contribution in [3.63, 3.8) is 0 Å². The lowest BCUT2D eigenvalue weighted by Crippen LogP contribution is -2.57. The van der Waals surface area contributed by atoms with Gasteiger partial charge in [0, 0.05) is 47.8 Å². The van der Waals surface area contributed by atoms with Crippen LogP contribution in [0.25, 0.3) is 10.9 Å². The van der Waals surface area contributed by atoms with E-state index in [-0.39, 0.29) is 23.6 Å². The van der Waals surface area contributed by atoms with Gasteiger partial charge < -0.3 is 15.1 Å². The molecule has 1 aromatic heterocycles. The highest BCUT2D eigenvalue weighted by Crippen LogP contribution is 2.36. The summed E-state index contributed by atoms with van der Waals surface area (Å²) in [5, 5.41) is 12.5. The van der Waals surface area contributed by atoms with Gasteiger partial charge in [0.2, 0.25) is 5.91 Å². The molecule has 0 radical (unpaired) electrons. The zero-order valence-electron chi connectivity index (χ0n) is 18.4. The van der Waals surface area contributed by atoms with E-state index in [1.807, 2.05) is 25.1 Å². The van der Waals surface area contributed by atoms with Gasteiger partial charge >= 0.3 is 0 Å². The first-order valence-electron chi connectivity index (χ1n) is 10.5. The van der Waals surface area contributed by atoms with E-state index in [2.05, 4.69) is 21.3 Å². The van der Waals surface area contributed by atoms with Crippen LogP contribution in [0.3, 0.4) is 0 Å². The molecule has 1 atom stereocenters. The van der Waals surface area contributed by atoms with Crippen LogP contribution in [0.1, 0.15) is 17.3 Å². The molecule has 3 heterocycles. The molecule has 1 unspecified atom stereocenters. The summed E-state index contributed by atoms with van der Waals surface area (Å²) in [7, 11) is -3.07. The topological polar surface area (TPSA) is 123 Å². The van der Waals surface area contributed by atoms with Crippen LogP contribution in [0.5, 0.6) is 0 Å².